The molecule has 0 bridgehead atoms. The van der Waals surface area contributed by atoms with Gasteiger partial charge in [0.1, 0.15) is 11.6 Å². The van der Waals surface area contributed by atoms with Crippen LogP contribution in [0.4, 0.5) is 4.39 Å². The Kier molecular flexibility index (Phi) is 3.03. The zero-order chi connectivity index (χ0) is 12.6. The van der Waals surface area contributed by atoms with E-state index in [0.717, 1.165) is 16.9 Å². The van der Waals surface area contributed by atoms with Crippen molar-refractivity contribution in [2.24, 2.45) is 5.73 Å². The molecule has 2 aromatic rings. The third kappa shape index (κ3) is 2.24. The van der Waals surface area contributed by atoms with Gasteiger partial charge in [0.05, 0.1) is 12.3 Å². The van der Waals surface area contributed by atoms with Crippen LogP contribution in [-0.2, 0) is 0 Å². The molecule has 1 heterocycles. The van der Waals surface area contributed by atoms with Gasteiger partial charge in [-0.2, -0.15) is 0 Å². The van der Waals surface area contributed by atoms with Crippen LogP contribution >= 0.6 is 0 Å². The number of nitrogens with two attached hydrogens (primary N) is 1. The van der Waals surface area contributed by atoms with Crippen molar-refractivity contribution < 1.29 is 8.81 Å². The first kappa shape index (κ1) is 11.9. The number of halogens is 1. The molecule has 0 fully saturated rings. The molecular formula is C14H16FNO. The first-order valence-corrected chi connectivity index (χ1v) is 5.56. The lowest BCUT2D eigenvalue weighted by Gasteiger charge is -2.12. The van der Waals surface area contributed by atoms with Crippen molar-refractivity contribution in [3.05, 3.63) is 58.3 Å². The van der Waals surface area contributed by atoms with Gasteiger partial charge in [-0.25, -0.2) is 4.39 Å². The SMILES string of the molecule is Cc1cc(C(N)c2cc(C)c(F)c(C)c2)co1. The molecule has 2 nitrogen and oxygen atoms in total. The van der Waals surface area contributed by atoms with Gasteiger partial charge < -0.3 is 10.2 Å². The Morgan fingerprint density at radius 1 is 1.06 bits per heavy atom. The zero-order valence-corrected chi connectivity index (χ0v) is 10.3. The number of benzene rings is 1. The first-order chi connectivity index (χ1) is 7.99. The second kappa shape index (κ2) is 4.34. The van der Waals surface area contributed by atoms with Gasteiger partial charge in [-0.15, -0.1) is 0 Å². The van der Waals surface area contributed by atoms with Gasteiger partial charge in [0, 0.05) is 5.56 Å². The summed E-state index contributed by atoms with van der Waals surface area (Å²) in [5.41, 5.74) is 9.19. The second-order valence-corrected chi connectivity index (χ2v) is 4.44. The fourth-order valence-electron chi connectivity index (χ4n) is 1.98. The van der Waals surface area contributed by atoms with Crippen molar-refractivity contribution in [1.82, 2.24) is 0 Å². The molecule has 2 rings (SSSR count). The van der Waals surface area contributed by atoms with E-state index in [0.29, 0.717) is 11.1 Å². The molecule has 17 heavy (non-hydrogen) atoms. The smallest absolute Gasteiger partial charge is 0.129 e. The Bertz CT molecular complexity index is 522. The van der Waals surface area contributed by atoms with Crippen LogP contribution in [0.25, 0.3) is 0 Å². The fourth-order valence-corrected chi connectivity index (χ4v) is 1.98. The molecule has 0 amide bonds. The maximum atomic E-state index is 13.5. The highest BCUT2D eigenvalue weighted by Gasteiger charge is 2.14. The van der Waals surface area contributed by atoms with Gasteiger partial charge in [-0.3, -0.25) is 0 Å². The minimum Gasteiger partial charge on any atom is -0.469 e. The van der Waals surface area contributed by atoms with Crippen LogP contribution in [0.5, 0.6) is 0 Å². The van der Waals surface area contributed by atoms with Gasteiger partial charge in [-0.05, 0) is 43.5 Å². The highest BCUT2D eigenvalue weighted by Crippen LogP contribution is 2.24. The van der Waals surface area contributed by atoms with E-state index in [1.165, 1.54) is 0 Å². The third-order valence-electron chi connectivity index (χ3n) is 2.93. The van der Waals surface area contributed by atoms with Crippen molar-refractivity contribution in [3.63, 3.8) is 0 Å². The van der Waals surface area contributed by atoms with Gasteiger partial charge in [0.15, 0.2) is 0 Å². The van der Waals surface area contributed by atoms with Crippen LogP contribution in [0.2, 0.25) is 0 Å². The summed E-state index contributed by atoms with van der Waals surface area (Å²) in [5, 5.41) is 0. The highest BCUT2D eigenvalue weighted by molar-refractivity contribution is 5.36. The normalized spacial score (nSPS) is 12.8. The van der Waals surface area contributed by atoms with Crippen molar-refractivity contribution in [3.8, 4) is 0 Å². The Morgan fingerprint density at radius 2 is 1.65 bits per heavy atom. The van der Waals surface area contributed by atoms with Crippen LogP contribution in [0.15, 0.2) is 28.9 Å². The van der Waals surface area contributed by atoms with E-state index in [9.17, 15) is 4.39 Å². The lowest BCUT2D eigenvalue weighted by molar-refractivity contribution is 0.530. The molecule has 1 aromatic heterocycles. The highest BCUT2D eigenvalue weighted by atomic mass is 19.1. The van der Waals surface area contributed by atoms with E-state index in [4.69, 9.17) is 10.2 Å². The average Bonchev–Trinajstić information content (AvgIpc) is 2.71. The molecule has 90 valence electrons. The number of rotatable bonds is 2. The summed E-state index contributed by atoms with van der Waals surface area (Å²) < 4.78 is 18.8. The fraction of sp³-hybridized carbons (Fsp3) is 0.286. The summed E-state index contributed by atoms with van der Waals surface area (Å²) >= 11 is 0. The van der Waals surface area contributed by atoms with E-state index in [1.54, 1.807) is 32.2 Å². The van der Waals surface area contributed by atoms with Crippen LogP contribution in [0.1, 0.15) is 34.1 Å². The quantitative estimate of drug-likeness (QED) is 0.863. The molecule has 0 aliphatic heterocycles. The Morgan fingerprint density at radius 3 is 2.12 bits per heavy atom. The summed E-state index contributed by atoms with van der Waals surface area (Å²) in [6, 6.07) is 5.20. The summed E-state index contributed by atoms with van der Waals surface area (Å²) in [5.74, 6) is 0.662. The molecule has 0 aliphatic rings. The minimum atomic E-state index is -0.273. The van der Waals surface area contributed by atoms with Crippen LogP contribution < -0.4 is 5.73 Å². The number of aryl methyl sites for hydroxylation is 3. The summed E-state index contributed by atoms with van der Waals surface area (Å²) in [6.45, 7) is 5.37. The predicted octanol–water partition coefficient (Wildman–Crippen LogP) is 3.39. The summed E-state index contributed by atoms with van der Waals surface area (Å²) in [7, 11) is 0. The molecule has 0 spiro atoms. The van der Waals surface area contributed by atoms with Crippen LogP contribution in [-0.4, -0.2) is 0 Å². The molecular weight excluding hydrogens is 217 g/mol. The van der Waals surface area contributed by atoms with E-state index in [-0.39, 0.29) is 11.9 Å². The number of hydrogen-bond acceptors (Lipinski definition) is 2. The minimum absolute atomic E-state index is 0.163. The van der Waals surface area contributed by atoms with E-state index >= 15 is 0 Å². The maximum absolute atomic E-state index is 13.5. The Hall–Kier alpha value is -1.61. The van der Waals surface area contributed by atoms with Crippen molar-refractivity contribution in [2.75, 3.05) is 0 Å². The molecule has 0 aliphatic carbocycles. The largest absolute Gasteiger partial charge is 0.469 e. The number of hydrogen-bond donors (Lipinski definition) is 1. The molecule has 3 heteroatoms. The van der Waals surface area contributed by atoms with E-state index in [1.807, 2.05) is 13.0 Å². The van der Waals surface area contributed by atoms with Crippen molar-refractivity contribution >= 4 is 0 Å². The summed E-state index contributed by atoms with van der Waals surface area (Å²) in [6.07, 6.45) is 1.65. The van der Waals surface area contributed by atoms with Gasteiger partial charge in [0.25, 0.3) is 0 Å². The van der Waals surface area contributed by atoms with Gasteiger partial charge >= 0.3 is 0 Å². The average molecular weight is 233 g/mol. The lowest BCUT2D eigenvalue weighted by Crippen LogP contribution is -2.12. The standard InChI is InChI=1S/C14H16FNO/c1-8-4-11(5-9(2)13(8)15)14(16)12-6-10(3)17-7-12/h4-7,14H,16H2,1-3H3. The Labute approximate surface area is 100 Å². The third-order valence-corrected chi connectivity index (χ3v) is 2.93. The molecule has 1 aromatic carbocycles. The van der Waals surface area contributed by atoms with Crippen molar-refractivity contribution in [1.29, 1.82) is 0 Å². The molecule has 0 saturated carbocycles. The molecule has 1 unspecified atom stereocenters. The van der Waals surface area contributed by atoms with Gasteiger partial charge in [0.2, 0.25) is 0 Å². The van der Waals surface area contributed by atoms with Gasteiger partial charge in [-0.1, -0.05) is 12.1 Å². The zero-order valence-electron chi connectivity index (χ0n) is 10.3. The van der Waals surface area contributed by atoms with Crippen molar-refractivity contribution in [2.45, 2.75) is 26.8 Å². The Balaban J connectivity index is 2.41. The molecule has 0 saturated heterocycles. The first-order valence-electron chi connectivity index (χ1n) is 5.56. The van der Waals surface area contributed by atoms with Crippen LogP contribution in [0, 0.1) is 26.6 Å². The monoisotopic (exact) mass is 233 g/mol. The molecule has 0 radical (unpaired) electrons. The molecule has 1 atom stereocenters. The topological polar surface area (TPSA) is 39.2 Å². The van der Waals surface area contributed by atoms with E-state index < -0.39 is 0 Å². The predicted molar refractivity (Wildman–Crippen MR) is 65.3 cm³/mol. The summed E-state index contributed by atoms with van der Waals surface area (Å²) in [4.78, 5) is 0. The van der Waals surface area contributed by atoms with Crippen LogP contribution in [0.3, 0.4) is 0 Å². The second-order valence-electron chi connectivity index (χ2n) is 4.44. The molecule has 2 N–H and O–H groups in total. The maximum Gasteiger partial charge on any atom is 0.129 e. The van der Waals surface area contributed by atoms with E-state index in [2.05, 4.69) is 0 Å². The number of furan rings is 1. The lowest BCUT2D eigenvalue weighted by atomic mass is 9.97.